The molecule has 4 amide bonds. The molecule has 8 nitrogen and oxygen atoms in total. The van der Waals surface area contributed by atoms with E-state index in [1.54, 1.807) is 73.7 Å². The fourth-order valence-electron chi connectivity index (χ4n) is 3.78. The molecule has 0 radical (unpaired) electrons. The lowest BCUT2D eigenvalue weighted by molar-refractivity contribution is -0.120. The zero-order chi connectivity index (χ0) is 24.9. The van der Waals surface area contributed by atoms with Gasteiger partial charge in [0, 0.05) is 16.4 Å². The number of hydrogen-bond acceptors (Lipinski definition) is 4. The van der Waals surface area contributed by atoms with Crippen LogP contribution in [0.4, 0.5) is 27.5 Å². The Labute approximate surface area is 208 Å². The molecular weight excluding hydrogens is 468 g/mol. The molecule has 35 heavy (non-hydrogen) atoms. The van der Waals surface area contributed by atoms with Crippen molar-refractivity contribution < 1.29 is 19.1 Å². The van der Waals surface area contributed by atoms with E-state index < -0.39 is 6.03 Å². The number of hydrogen-bond donors (Lipinski definition) is 2. The smallest absolute Gasteiger partial charge is 0.326 e. The zero-order valence-corrected chi connectivity index (χ0v) is 20.1. The van der Waals surface area contributed by atoms with Crippen LogP contribution in [0.1, 0.15) is 12.5 Å². The van der Waals surface area contributed by atoms with Gasteiger partial charge in [-0.3, -0.25) is 19.4 Å². The summed E-state index contributed by atoms with van der Waals surface area (Å²) in [5.74, 6) is -0.0415. The first-order chi connectivity index (χ1) is 16.9. The number of nitrogens with zero attached hydrogens (tertiary/aromatic N) is 2. The van der Waals surface area contributed by atoms with Gasteiger partial charge in [0.1, 0.15) is 18.8 Å². The highest BCUT2D eigenvalue weighted by molar-refractivity contribution is 6.31. The minimum atomic E-state index is -0.450. The van der Waals surface area contributed by atoms with E-state index in [0.29, 0.717) is 40.1 Å². The Morgan fingerprint density at radius 3 is 2.40 bits per heavy atom. The second-order valence-corrected chi connectivity index (χ2v) is 8.31. The van der Waals surface area contributed by atoms with Crippen molar-refractivity contribution in [1.82, 2.24) is 0 Å². The van der Waals surface area contributed by atoms with Gasteiger partial charge < -0.3 is 15.4 Å². The number of para-hydroxylation sites is 2. The number of rotatable bonds is 6. The molecule has 0 bridgehead atoms. The Kier molecular flexibility index (Phi) is 7.22. The van der Waals surface area contributed by atoms with E-state index in [4.69, 9.17) is 16.3 Å². The van der Waals surface area contributed by atoms with Crippen molar-refractivity contribution in [2.24, 2.45) is 0 Å². The average molecular weight is 493 g/mol. The number of urea groups is 1. The first-order valence-electron chi connectivity index (χ1n) is 11.1. The van der Waals surface area contributed by atoms with Crippen LogP contribution in [0.3, 0.4) is 0 Å². The SMILES string of the molecule is CCOc1ccc(NC(=O)N2CC(=O)N(CC(=O)Nc3cccc(Cl)c3C)c3ccccc32)cc1. The maximum Gasteiger partial charge on any atom is 0.326 e. The molecule has 9 heteroatoms. The van der Waals surface area contributed by atoms with E-state index in [2.05, 4.69) is 10.6 Å². The van der Waals surface area contributed by atoms with Gasteiger partial charge in [-0.05, 0) is 67.9 Å². The summed E-state index contributed by atoms with van der Waals surface area (Å²) in [6.45, 7) is 3.84. The third-order valence-corrected chi connectivity index (χ3v) is 5.97. The molecule has 180 valence electrons. The van der Waals surface area contributed by atoms with Gasteiger partial charge in [0.2, 0.25) is 11.8 Å². The summed E-state index contributed by atoms with van der Waals surface area (Å²) in [7, 11) is 0. The first kappa shape index (κ1) is 24.1. The molecule has 0 fully saturated rings. The molecule has 1 aliphatic heterocycles. The van der Waals surface area contributed by atoms with E-state index in [0.717, 1.165) is 5.56 Å². The van der Waals surface area contributed by atoms with Crippen LogP contribution in [0.15, 0.2) is 66.7 Å². The number of carbonyl (C=O) groups excluding carboxylic acids is 3. The maximum absolute atomic E-state index is 13.0. The lowest BCUT2D eigenvalue weighted by Crippen LogP contribution is -2.51. The van der Waals surface area contributed by atoms with Crippen LogP contribution in [0, 0.1) is 6.92 Å². The fourth-order valence-corrected chi connectivity index (χ4v) is 3.96. The highest BCUT2D eigenvalue weighted by atomic mass is 35.5. The lowest BCUT2D eigenvalue weighted by atomic mass is 10.1. The molecule has 1 aliphatic rings. The molecule has 4 rings (SSSR count). The van der Waals surface area contributed by atoms with Crippen LogP contribution < -0.4 is 25.2 Å². The zero-order valence-electron chi connectivity index (χ0n) is 19.4. The monoisotopic (exact) mass is 492 g/mol. The Balaban J connectivity index is 1.50. The van der Waals surface area contributed by atoms with Gasteiger partial charge >= 0.3 is 6.03 Å². The van der Waals surface area contributed by atoms with Crippen LogP contribution in [0.2, 0.25) is 5.02 Å². The number of carbonyl (C=O) groups is 3. The maximum atomic E-state index is 13.0. The highest BCUT2D eigenvalue weighted by Gasteiger charge is 2.33. The Morgan fingerprint density at radius 2 is 1.69 bits per heavy atom. The normalized spacial score (nSPS) is 12.7. The van der Waals surface area contributed by atoms with E-state index in [9.17, 15) is 14.4 Å². The van der Waals surface area contributed by atoms with E-state index in [1.165, 1.54) is 9.80 Å². The molecule has 2 N–H and O–H groups in total. The van der Waals surface area contributed by atoms with Gasteiger partial charge in [0.05, 0.1) is 18.0 Å². The van der Waals surface area contributed by atoms with Crippen molar-refractivity contribution in [2.45, 2.75) is 13.8 Å². The third kappa shape index (κ3) is 5.38. The van der Waals surface area contributed by atoms with Crippen LogP contribution >= 0.6 is 11.6 Å². The number of halogens is 1. The van der Waals surface area contributed by atoms with Crippen LogP contribution in [0.5, 0.6) is 5.75 Å². The van der Waals surface area contributed by atoms with Crippen molar-refractivity contribution in [1.29, 1.82) is 0 Å². The molecule has 0 aromatic heterocycles. The predicted octanol–water partition coefficient (Wildman–Crippen LogP) is 5.07. The molecule has 0 saturated heterocycles. The fraction of sp³-hybridized carbons (Fsp3) is 0.192. The van der Waals surface area contributed by atoms with Crippen LogP contribution in [0.25, 0.3) is 0 Å². The second kappa shape index (κ2) is 10.5. The Bertz CT molecular complexity index is 1260. The molecule has 1 heterocycles. The summed E-state index contributed by atoms with van der Waals surface area (Å²) in [5.41, 5.74) is 2.90. The predicted molar refractivity (Wildman–Crippen MR) is 138 cm³/mol. The Morgan fingerprint density at radius 1 is 0.971 bits per heavy atom. The second-order valence-electron chi connectivity index (χ2n) is 7.90. The number of amides is 4. The number of nitrogens with one attached hydrogen (secondary N) is 2. The lowest BCUT2D eigenvalue weighted by Gasteiger charge is -2.35. The van der Waals surface area contributed by atoms with Crippen LogP contribution in [-0.2, 0) is 9.59 Å². The largest absolute Gasteiger partial charge is 0.494 e. The molecule has 0 atom stereocenters. The minimum Gasteiger partial charge on any atom is -0.494 e. The van der Waals surface area contributed by atoms with Crippen LogP contribution in [-0.4, -0.2) is 37.5 Å². The summed E-state index contributed by atoms with van der Waals surface area (Å²) in [6, 6.07) is 18.7. The van der Waals surface area contributed by atoms with Gasteiger partial charge in [-0.15, -0.1) is 0 Å². The number of benzene rings is 3. The first-order valence-corrected chi connectivity index (χ1v) is 11.5. The molecule has 0 unspecified atom stereocenters. The van der Waals surface area contributed by atoms with Crippen molar-refractivity contribution in [3.63, 3.8) is 0 Å². The third-order valence-electron chi connectivity index (χ3n) is 5.56. The van der Waals surface area contributed by atoms with Crippen molar-refractivity contribution in [3.8, 4) is 5.75 Å². The summed E-state index contributed by atoms with van der Waals surface area (Å²) >= 11 is 6.14. The van der Waals surface area contributed by atoms with E-state index in [-0.39, 0.29) is 24.9 Å². The summed E-state index contributed by atoms with van der Waals surface area (Å²) in [5, 5.41) is 6.16. The van der Waals surface area contributed by atoms with Crippen molar-refractivity contribution >= 4 is 52.2 Å². The highest BCUT2D eigenvalue weighted by Crippen LogP contribution is 2.34. The quantitative estimate of drug-likeness (QED) is 0.502. The molecule has 3 aromatic carbocycles. The van der Waals surface area contributed by atoms with Gasteiger partial charge in [-0.2, -0.15) is 0 Å². The van der Waals surface area contributed by atoms with Crippen molar-refractivity contribution in [2.75, 3.05) is 40.1 Å². The minimum absolute atomic E-state index is 0.198. The van der Waals surface area contributed by atoms with E-state index in [1.807, 2.05) is 6.92 Å². The average Bonchev–Trinajstić information content (AvgIpc) is 2.85. The Hall–Kier alpha value is -4.04. The van der Waals surface area contributed by atoms with Crippen molar-refractivity contribution in [3.05, 3.63) is 77.3 Å². The van der Waals surface area contributed by atoms with Gasteiger partial charge in [0.15, 0.2) is 0 Å². The standard InChI is InChI=1S/C26H25ClN4O4/c1-3-35-19-13-11-18(12-14-19)28-26(34)31-16-25(33)30(22-9-4-5-10-23(22)31)15-24(32)29-21-8-6-7-20(27)17(21)2/h4-14H,3,15-16H2,1-2H3,(H,28,34)(H,29,32). The summed E-state index contributed by atoms with van der Waals surface area (Å²) < 4.78 is 5.42. The van der Waals surface area contributed by atoms with Gasteiger partial charge in [-0.25, -0.2) is 4.79 Å². The molecule has 0 saturated carbocycles. The summed E-state index contributed by atoms with van der Waals surface area (Å²) in [4.78, 5) is 41.6. The topological polar surface area (TPSA) is 91.0 Å². The number of anilines is 4. The molecule has 0 aliphatic carbocycles. The van der Waals surface area contributed by atoms with Gasteiger partial charge in [-0.1, -0.05) is 29.8 Å². The van der Waals surface area contributed by atoms with E-state index >= 15 is 0 Å². The number of ether oxygens (including phenoxy) is 1. The van der Waals surface area contributed by atoms with Gasteiger partial charge in [0.25, 0.3) is 0 Å². The summed E-state index contributed by atoms with van der Waals surface area (Å²) in [6.07, 6.45) is 0. The molecular formula is C26H25ClN4O4. The molecule has 3 aromatic rings. The number of fused-ring (bicyclic) bond motifs is 1. The molecule has 0 spiro atoms.